The minimum atomic E-state index is -4.06. The molecule has 6 nitrogen and oxygen atoms in total. The number of halogens is 2. The molecule has 0 aliphatic carbocycles. The monoisotopic (exact) mass is 339 g/mol. The number of ether oxygens (including phenoxy) is 1. The Kier molecular flexibility index (Phi) is 5.68. The van der Waals surface area contributed by atoms with Crippen LogP contribution in [0, 0.1) is 5.82 Å². The van der Waals surface area contributed by atoms with Crippen molar-refractivity contribution in [3.63, 3.8) is 0 Å². The van der Waals surface area contributed by atoms with Gasteiger partial charge >= 0.3 is 5.97 Å². The molecule has 0 heterocycles. The SMILES string of the molecule is COCC(C)N(C)S(=O)(=O)c1cc(F)c(Cl)c(C(=O)O)c1. The fourth-order valence-electron chi connectivity index (χ4n) is 1.62. The van der Waals surface area contributed by atoms with Gasteiger partial charge in [0.2, 0.25) is 10.0 Å². The fraction of sp³-hybridized carbons (Fsp3) is 0.417. The predicted octanol–water partition coefficient (Wildman–Crippen LogP) is 1.83. The van der Waals surface area contributed by atoms with Crippen LogP contribution in [-0.4, -0.2) is 50.6 Å². The summed E-state index contributed by atoms with van der Waals surface area (Å²) in [5.41, 5.74) is -0.608. The van der Waals surface area contributed by atoms with Gasteiger partial charge in [0.1, 0.15) is 5.82 Å². The van der Waals surface area contributed by atoms with Crippen LogP contribution in [0.2, 0.25) is 5.02 Å². The van der Waals surface area contributed by atoms with Crippen LogP contribution < -0.4 is 0 Å². The normalized spacial score (nSPS) is 13.4. The third-order valence-corrected chi connectivity index (χ3v) is 5.27. The number of carbonyl (C=O) groups is 1. The van der Waals surface area contributed by atoms with Crippen molar-refractivity contribution >= 4 is 27.6 Å². The Morgan fingerprint density at radius 1 is 1.52 bits per heavy atom. The lowest BCUT2D eigenvalue weighted by Gasteiger charge is -2.24. The molecule has 0 saturated heterocycles. The van der Waals surface area contributed by atoms with E-state index in [1.165, 1.54) is 14.2 Å². The van der Waals surface area contributed by atoms with E-state index >= 15 is 0 Å². The molecule has 0 aromatic heterocycles. The number of sulfonamides is 1. The van der Waals surface area contributed by atoms with Crippen molar-refractivity contribution in [1.29, 1.82) is 0 Å². The van der Waals surface area contributed by atoms with Crippen molar-refractivity contribution in [2.24, 2.45) is 0 Å². The van der Waals surface area contributed by atoms with Crippen LogP contribution >= 0.6 is 11.6 Å². The van der Waals surface area contributed by atoms with Crippen LogP contribution in [0.4, 0.5) is 4.39 Å². The van der Waals surface area contributed by atoms with Crippen LogP contribution in [0.3, 0.4) is 0 Å². The van der Waals surface area contributed by atoms with Gasteiger partial charge in [0.15, 0.2) is 0 Å². The summed E-state index contributed by atoms with van der Waals surface area (Å²) >= 11 is 5.52. The van der Waals surface area contributed by atoms with Crippen molar-refractivity contribution < 1.29 is 27.4 Å². The third-order valence-electron chi connectivity index (χ3n) is 2.94. The molecule has 0 bridgehead atoms. The average molecular weight is 340 g/mol. The Morgan fingerprint density at radius 3 is 2.57 bits per heavy atom. The largest absolute Gasteiger partial charge is 0.478 e. The summed E-state index contributed by atoms with van der Waals surface area (Å²) in [5, 5.41) is 8.30. The van der Waals surface area contributed by atoms with E-state index in [-0.39, 0.29) is 6.61 Å². The maximum absolute atomic E-state index is 13.6. The van der Waals surface area contributed by atoms with Crippen LogP contribution in [0.1, 0.15) is 17.3 Å². The van der Waals surface area contributed by atoms with Gasteiger partial charge in [0.25, 0.3) is 0 Å². The molecular weight excluding hydrogens is 325 g/mol. The number of hydrogen-bond acceptors (Lipinski definition) is 4. The second-order valence-electron chi connectivity index (χ2n) is 4.40. The number of rotatable bonds is 6. The Hall–Kier alpha value is -1.22. The Labute approximate surface area is 127 Å². The molecule has 1 N–H and O–H groups in total. The number of carboxylic acids is 1. The molecule has 118 valence electrons. The molecule has 0 spiro atoms. The van der Waals surface area contributed by atoms with Gasteiger partial charge < -0.3 is 9.84 Å². The molecule has 0 fully saturated rings. The third kappa shape index (κ3) is 3.70. The number of hydrogen-bond donors (Lipinski definition) is 1. The molecule has 0 radical (unpaired) electrons. The molecule has 9 heteroatoms. The van der Waals surface area contributed by atoms with Gasteiger partial charge in [-0.05, 0) is 19.1 Å². The van der Waals surface area contributed by atoms with Crippen molar-refractivity contribution in [1.82, 2.24) is 4.31 Å². The van der Waals surface area contributed by atoms with E-state index in [0.29, 0.717) is 6.07 Å². The van der Waals surface area contributed by atoms with Gasteiger partial charge in [0, 0.05) is 20.2 Å². The maximum atomic E-state index is 13.6. The Balaban J connectivity index is 3.36. The Morgan fingerprint density at radius 2 is 2.10 bits per heavy atom. The molecule has 0 amide bonds. The highest BCUT2D eigenvalue weighted by molar-refractivity contribution is 7.89. The van der Waals surface area contributed by atoms with Gasteiger partial charge in [-0.2, -0.15) is 4.31 Å². The van der Waals surface area contributed by atoms with Gasteiger partial charge in [-0.3, -0.25) is 0 Å². The zero-order valence-electron chi connectivity index (χ0n) is 11.6. The summed E-state index contributed by atoms with van der Waals surface area (Å²) in [7, 11) is -1.35. The predicted molar refractivity (Wildman–Crippen MR) is 74.7 cm³/mol. The van der Waals surface area contributed by atoms with Gasteiger partial charge in [0.05, 0.1) is 22.1 Å². The number of likely N-dealkylation sites (N-methyl/N-ethyl adjacent to an activating group) is 1. The lowest BCUT2D eigenvalue weighted by molar-refractivity contribution is 0.0696. The summed E-state index contributed by atoms with van der Waals surface area (Å²) in [6.07, 6.45) is 0. The lowest BCUT2D eigenvalue weighted by atomic mass is 10.2. The van der Waals surface area contributed by atoms with Crippen molar-refractivity contribution in [2.75, 3.05) is 20.8 Å². The summed E-state index contributed by atoms with van der Waals surface area (Å²) in [4.78, 5) is 10.5. The molecule has 1 aromatic carbocycles. The zero-order chi connectivity index (χ0) is 16.4. The first-order chi connectivity index (χ1) is 9.62. The highest BCUT2D eigenvalue weighted by Gasteiger charge is 2.28. The first-order valence-electron chi connectivity index (χ1n) is 5.82. The van der Waals surface area contributed by atoms with Crippen LogP contribution in [0.15, 0.2) is 17.0 Å². The second kappa shape index (κ2) is 6.69. The van der Waals surface area contributed by atoms with E-state index < -0.39 is 43.3 Å². The molecular formula is C12H15ClFNO5S. The lowest BCUT2D eigenvalue weighted by Crippen LogP contribution is -2.37. The molecule has 0 aliphatic heterocycles. The summed E-state index contributed by atoms with van der Waals surface area (Å²) in [5.74, 6) is -2.62. The fourth-order valence-corrected chi connectivity index (χ4v) is 3.19. The van der Waals surface area contributed by atoms with Gasteiger partial charge in [-0.15, -0.1) is 0 Å². The first-order valence-corrected chi connectivity index (χ1v) is 7.64. The van der Waals surface area contributed by atoms with Gasteiger partial charge in [-0.1, -0.05) is 11.6 Å². The van der Waals surface area contributed by atoms with E-state index in [9.17, 15) is 17.6 Å². The summed E-state index contributed by atoms with van der Waals surface area (Å²) in [6, 6.07) is 1.02. The highest BCUT2D eigenvalue weighted by Crippen LogP contribution is 2.26. The zero-order valence-corrected chi connectivity index (χ0v) is 13.2. The smallest absolute Gasteiger partial charge is 0.337 e. The molecule has 1 aromatic rings. The highest BCUT2D eigenvalue weighted by atomic mass is 35.5. The molecule has 21 heavy (non-hydrogen) atoms. The van der Waals surface area contributed by atoms with Crippen LogP contribution in [-0.2, 0) is 14.8 Å². The molecule has 1 rings (SSSR count). The number of nitrogens with zero attached hydrogens (tertiary/aromatic N) is 1. The molecule has 0 saturated carbocycles. The van der Waals surface area contributed by atoms with E-state index in [0.717, 1.165) is 10.4 Å². The number of aromatic carboxylic acids is 1. The minimum Gasteiger partial charge on any atom is -0.478 e. The average Bonchev–Trinajstić information content (AvgIpc) is 2.40. The quantitative estimate of drug-likeness (QED) is 0.854. The first kappa shape index (κ1) is 17.8. The summed E-state index contributed by atoms with van der Waals surface area (Å²) in [6.45, 7) is 1.74. The van der Waals surface area contributed by atoms with Gasteiger partial charge in [-0.25, -0.2) is 17.6 Å². The number of carboxylic acid groups (broad SMARTS) is 1. The molecule has 1 unspecified atom stereocenters. The Bertz CT molecular complexity index is 649. The van der Waals surface area contributed by atoms with Crippen molar-refractivity contribution in [3.05, 3.63) is 28.5 Å². The standard InChI is InChI=1S/C12H15ClFNO5S/c1-7(6-20-3)15(2)21(18,19)8-4-9(12(16)17)11(13)10(14)5-8/h4-5,7H,6H2,1-3H3,(H,16,17). The van der Waals surface area contributed by atoms with E-state index in [2.05, 4.69) is 0 Å². The molecule has 1 atom stereocenters. The van der Waals surface area contributed by atoms with E-state index in [1.807, 2.05) is 0 Å². The van der Waals surface area contributed by atoms with Crippen molar-refractivity contribution in [2.45, 2.75) is 17.9 Å². The van der Waals surface area contributed by atoms with Crippen LogP contribution in [0.25, 0.3) is 0 Å². The van der Waals surface area contributed by atoms with E-state index in [1.54, 1.807) is 6.92 Å². The number of methoxy groups -OCH3 is 1. The van der Waals surface area contributed by atoms with Crippen LogP contribution in [0.5, 0.6) is 0 Å². The maximum Gasteiger partial charge on any atom is 0.337 e. The molecule has 0 aliphatic rings. The summed E-state index contributed by atoms with van der Waals surface area (Å²) < 4.78 is 44.2. The van der Waals surface area contributed by atoms with E-state index in [4.69, 9.17) is 21.4 Å². The number of benzene rings is 1. The topological polar surface area (TPSA) is 83.9 Å². The minimum absolute atomic E-state index is 0.136. The second-order valence-corrected chi connectivity index (χ2v) is 6.77. The van der Waals surface area contributed by atoms with Crippen molar-refractivity contribution in [3.8, 4) is 0 Å².